The van der Waals surface area contributed by atoms with Gasteiger partial charge >= 0.3 is 0 Å². The lowest BCUT2D eigenvalue weighted by molar-refractivity contribution is 1.09. The van der Waals surface area contributed by atoms with Gasteiger partial charge in [-0.05, 0) is 61.4 Å². The molecule has 0 radical (unpaired) electrons. The maximum Gasteiger partial charge on any atom is -0.00856 e. The van der Waals surface area contributed by atoms with Gasteiger partial charge in [0.1, 0.15) is 0 Å². The molecule has 142 valence electrons. The fourth-order valence-corrected chi connectivity index (χ4v) is 2.69. The maximum atomic E-state index is 2.35. The molecule has 0 atom stereocenters. The third-order valence-corrected chi connectivity index (χ3v) is 4.14. The van der Waals surface area contributed by atoms with Gasteiger partial charge < -0.3 is 0 Å². The normalized spacial score (nSPS) is 11.8. The molecule has 0 saturated heterocycles. The molecule has 0 heteroatoms. The second kappa shape index (κ2) is 13.2. The molecule has 0 bridgehead atoms. The Labute approximate surface area is 162 Å². The molecule has 0 saturated carbocycles. The Balaban J connectivity index is 0.000000477. The molecule has 0 fully saturated rings. The molecule has 0 N–H and O–H groups in total. The van der Waals surface area contributed by atoms with Crippen molar-refractivity contribution in [1.29, 1.82) is 0 Å². The average molecular weight is 351 g/mol. The van der Waals surface area contributed by atoms with Gasteiger partial charge in [-0.2, -0.15) is 0 Å². The Morgan fingerprint density at radius 2 is 1.46 bits per heavy atom. The first kappa shape index (κ1) is 23.9. The van der Waals surface area contributed by atoms with Gasteiger partial charge in [-0.15, -0.1) is 0 Å². The van der Waals surface area contributed by atoms with Crippen LogP contribution in [0.4, 0.5) is 0 Å². The first-order chi connectivity index (χ1) is 12.0. The van der Waals surface area contributed by atoms with E-state index in [-0.39, 0.29) is 7.43 Å². The quantitative estimate of drug-likeness (QED) is 0.510. The molecule has 0 unspecified atom stereocenters. The van der Waals surface area contributed by atoms with E-state index in [0.29, 0.717) is 0 Å². The number of allylic oxidation sites excluding steroid dienone is 4. The monoisotopic (exact) mass is 350 g/mol. The van der Waals surface area contributed by atoms with Crippen LogP contribution >= 0.6 is 0 Å². The predicted octanol–water partition coefficient (Wildman–Crippen LogP) is 8.34. The molecule has 3 rings (SSSR count). The second-order valence-electron chi connectivity index (χ2n) is 6.63. The highest BCUT2D eigenvalue weighted by Crippen LogP contribution is 2.31. The van der Waals surface area contributed by atoms with Crippen LogP contribution in [0.1, 0.15) is 70.2 Å². The van der Waals surface area contributed by atoms with Gasteiger partial charge in [-0.1, -0.05) is 101 Å². The molecule has 1 aliphatic rings. The smallest absolute Gasteiger partial charge is 0.00856 e. The number of aryl methyl sites for hydroxylation is 3. The van der Waals surface area contributed by atoms with E-state index in [1.54, 1.807) is 0 Å². The first-order valence-electron chi connectivity index (χ1n) is 9.51. The highest BCUT2D eigenvalue weighted by Gasteiger charge is 2.10. The third-order valence-electron chi connectivity index (χ3n) is 4.14. The second-order valence-corrected chi connectivity index (χ2v) is 6.63. The topological polar surface area (TPSA) is 0 Å². The molecular weight excluding hydrogens is 312 g/mol. The van der Waals surface area contributed by atoms with Crippen LogP contribution in [0.3, 0.4) is 0 Å². The van der Waals surface area contributed by atoms with Gasteiger partial charge in [-0.25, -0.2) is 0 Å². The molecule has 0 heterocycles. The van der Waals surface area contributed by atoms with Gasteiger partial charge in [0.05, 0.1) is 0 Å². The van der Waals surface area contributed by atoms with Gasteiger partial charge in [0, 0.05) is 0 Å². The van der Waals surface area contributed by atoms with E-state index in [4.69, 9.17) is 0 Å². The van der Waals surface area contributed by atoms with Gasteiger partial charge in [0.25, 0.3) is 0 Å². The highest BCUT2D eigenvalue weighted by molar-refractivity contribution is 5.76. The number of hydrogen-bond donors (Lipinski definition) is 0. The minimum absolute atomic E-state index is 0. The summed E-state index contributed by atoms with van der Waals surface area (Å²) in [7, 11) is 0. The van der Waals surface area contributed by atoms with Crippen molar-refractivity contribution in [3.63, 3.8) is 0 Å². The average Bonchev–Trinajstić information content (AvgIpc) is 3.03. The van der Waals surface area contributed by atoms with Gasteiger partial charge in [0.2, 0.25) is 0 Å². The molecule has 0 aromatic heterocycles. The van der Waals surface area contributed by atoms with E-state index < -0.39 is 0 Å². The van der Waals surface area contributed by atoms with Crippen LogP contribution < -0.4 is 0 Å². The molecule has 0 amide bonds. The zero-order valence-corrected chi connectivity index (χ0v) is 16.9. The zero-order valence-electron chi connectivity index (χ0n) is 16.9. The fraction of sp³-hybridized carbons (Fsp3) is 0.385. The third kappa shape index (κ3) is 7.87. The summed E-state index contributed by atoms with van der Waals surface area (Å²) in [5.41, 5.74) is 8.52. The molecule has 26 heavy (non-hydrogen) atoms. The minimum atomic E-state index is 0. The lowest BCUT2D eigenvalue weighted by atomic mass is 9.95. The summed E-state index contributed by atoms with van der Waals surface area (Å²) in [5.74, 6) is 0. The van der Waals surface area contributed by atoms with E-state index in [2.05, 4.69) is 84.0 Å². The van der Waals surface area contributed by atoms with E-state index >= 15 is 0 Å². The van der Waals surface area contributed by atoms with Crippen molar-refractivity contribution in [2.24, 2.45) is 0 Å². The Bertz CT molecular complexity index is 687. The Morgan fingerprint density at radius 3 is 1.88 bits per heavy atom. The molecule has 1 aliphatic carbocycles. The van der Waals surface area contributed by atoms with Crippen LogP contribution in [0.25, 0.3) is 5.57 Å². The van der Waals surface area contributed by atoms with Crippen molar-refractivity contribution in [2.45, 2.75) is 68.2 Å². The maximum absolute atomic E-state index is 2.35. The minimum Gasteiger partial charge on any atom is -0.0798 e. The summed E-state index contributed by atoms with van der Waals surface area (Å²) >= 11 is 0. The van der Waals surface area contributed by atoms with E-state index in [0.717, 1.165) is 12.8 Å². The molecule has 2 aromatic rings. The van der Waals surface area contributed by atoms with Crippen LogP contribution in [0.2, 0.25) is 0 Å². The number of benzene rings is 2. The first-order valence-corrected chi connectivity index (χ1v) is 9.51. The fourth-order valence-electron chi connectivity index (χ4n) is 2.69. The molecular formula is C26H38. The number of hydrogen-bond acceptors (Lipinski definition) is 0. The molecule has 2 aromatic carbocycles. The van der Waals surface area contributed by atoms with E-state index in [9.17, 15) is 0 Å². The summed E-state index contributed by atoms with van der Waals surface area (Å²) in [4.78, 5) is 0. The van der Waals surface area contributed by atoms with Gasteiger partial charge in [-0.3, -0.25) is 0 Å². The van der Waals surface area contributed by atoms with Crippen molar-refractivity contribution < 1.29 is 0 Å². The van der Waals surface area contributed by atoms with Crippen molar-refractivity contribution in [1.82, 2.24) is 0 Å². The lowest BCUT2D eigenvalue weighted by Gasteiger charge is -2.10. The van der Waals surface area contributed by atoms with E-state index in [1.807, 2.05) is 18.2 Å². The molecule has 0 spiro atoms. The van der Waals surface area contributed by atoms with Crippen LogP contribution in [-0.2, 0) is 6.42 Å². The zero-order chi connectivity index (χ0) is 18.7. The highest BCUT2D eigenvalue weighted by atomic mass is 14.1. The van der Waals surface area contributed by atoms with Crippen LogP contribution in [-0.4, -0.2) is 0 Å². The Hall–Kier alpha value is -2.08. The van der Waals surface area contributed by atoms with Crippen LogP contribution in [0.15, 0.2) is 66.3 Å². The predicted molar refractivity (Wildman–Crippen MR) is 121 cm³/mol. The largest absolute Gasteiger partial charge is 0.0798 e. The summed E-state index contributed by atoms with van der Waals surface area (Å²) in [5, 5.41) is 0. The lowest BCUT2D eigenvalue weighted by Crippen LogP contribution is -1.91. The van der Waals surface area contributed by atoms with Crippen molar-refractivity contribution in [3.8, 4) is 0 Å². The van der Waals surface area contributed by atoms with Crippen molar-refractivity contribution >= 4 is 5.57 Å². The number of rotatable bonds is 2. The van der Waals surface area contributed by atoms with Crippen molar-refractivity contribution in [2.75, 3.05) is 0 Å². The van der Waals surface area contributed by atoms with Crippen LogP contribution in [0, 0.1) is 13.8 Å². The summed E-state index contributed by atoms with van der Waals surface area (Å²) in [6.07, 6.45) is 7.95. The Kier molecular flexibility index (Phi) is 12.1. The molecule has 0 aliphatic heterocycles. The van der Waals surface area contributed by atoms with E-state index in [1.165, 1.54) is 39.8 Å². The summed E-state index contributed by atoms with van der Waals surface area (Å²) in [6.45, 7) is 13.0. The Morgan fingerprint density at radius 1 is 0.846 bits per heavy atom. The summed E-state index contributed by atoms with van der Waals surface area (Å²) in [6, 6.07) is 17.1. The van der Waals surface area contributed by atoms with Crippen molar-refractivity contribution in [3.05, 3.63) is 88.5 Å². The molecule has 0 nitrogen and oxygen atoms in total. The van der Waals surface area contributed by atoms with Crippen LogP contribution in [0.5, 0.6) is 0 Å². The van der Waals surface area contributed by atoms with Gasteiger partial charge in [0.15, 0.2) is 0 Å². The standard InChI is InChI=1S/C15H18.C7H8.C3H8.CH4/c1-4-13-9-8-12(3)15(10-13)14-7-5-6-11(14)2;1-7-5-3-2-4-6-7;1-3-2;/h5-6,8-10H,4,7H2,1-3H3;2-6H,1H3;3H2,1-2H3;1H4. The summed E-state index contributed by atoms with van der Waals surface area (Å²) < 4.78 is 0. The SMILES string of the molecule is C.CCC.CCc1ccc(C)c(C2=C(C)C=CC2)c1.Cc1ccccc1.